The molecule has 0 saturated carbocycles. The van der Waals surface area contributed by atoms with Gasteiger partial charge in [-0.3, -0.25) is 9.89 Å². The number of nitrogens with one attached hydrogen (secondary N) is 1. The number of carboxylic acid groups (broad SMARTS) is 1. The monoisotopic (exact) mass is 275 g/mol. The topological polar surface area (TPSA) is 99.4 Å². The van der Waals surface area contributed by atoms with Gasteiger partial charge in [-0.15, -0.1) is 0 Å². The van der Waals surface area contributed by atoms with Crippen molar-refractivity contribution in [3.8, 4) is 0 Å². The lowest BCUT2D eigenvalue weighted by molar-refractivity contribution is -0.143. The number of aromatic amines is 1. The van der Waals surface area contributed by atoms with Crippen molar-refractivity contribution >= 4 is 11.9 Å². The molecule has 0 spiro atoms. The van der Waals surface area contributed by atoms with Gasteiger partial charge in [-0.05, 0) is 13.0 Å². The zero-order chi connectivity index (χ0) is 14.3. The Morgan fingerprint density at radius 1 is 1.55 bits per heavy atom. The van der Waals surface area contributed by atoms with Gasteiger partial charge in [0.2, 0.25) is 0 Å². The predicted octanol–water partition coefficient (Wildman–Crippen LogP) is 1.14. The van der Waals surface area contributed by atoms with Gasteiger partial charge in [0.15, 0.2) is 6.04 Å². The molecule has 0 aromatic carbocycles. The number of carbonyl (C=O) groups is 2. The summed E-state index contributed by atoms with van der Waals surface area (Å²) in [6.45, 7) is 2.03. The molecule has 1 aliphatic rings. The molecule has 1 aliphatic heterocycles. The fourth-order valence-corrected chi connectivity index (χ4v) is 2.52. The Labute approximate surface area is 114 Å². The fourth-order valence-electron chi connectivity index (χ4n) is 2.52. The van der Waals surface area contributed by atoms with Crippen LogP contribution in [-0.4, -0.2) is 38.6 Å². The SMILES string of the molecule is Cc1[nH]ncc1C(=O)N1CCc2occc2C1C(=O)O. The molecule has 1 amide bonds. The molecule has 0 saturated heterocycles. The maximum atomic E-state index is 12.5. The largest absolute Gasteiger partial charge is 0.479 e. The van der Waals surface area contributed by atoms with Crippen molar-refractivity contribution in [3.05, 3.63) is 41.1 Å². The van der Waals surface area contributed by atoms with E-state index < -0.39 is 12.0 Å². The summed E-state index contributed by atoms with van der Waals surface area (Å²) in [6.07, 6.45) is 3.38. The number of furan rings is 1. The highest BCUT2D eigenvalue weighted by atomic mass is 16.4. The molecule has 7 heteroatoms. The summed E-state index contributed by atoms with van der Waals surface area (Å²) in [5, 5.41) is 15.9. The molecule has 7 nitrogen and oxygen atoms in total. The summed E-state index contributed by atoms with van der Waals surface area (Å²) in [5.41, 5.74) is 1.55. The van der Waals surface area contributed by atoms with E-state index in [0.717, 1.165) is 0 Å². The molecule has 2 N–H and O–H groups in total. The minimum Gasteiger partial charge on any atom is -0.479 e. The number of hydrogen-bond donors (Lipinski definition) is 2. The highest BCUT2D eigenvalue weighted by molar-refractivity contribution is 5.97. The third-order valence-electron chi connectivity index (χ3n) is 3.52. The third kappa shape index (κ3) is 1.78. The van der Waals surface area contributed by atoms with Crippen LogP contribution in [0.5, 0.6) is 0 Å². The third-order valence-corrected chi connectivity index (χ3v) is 3.52. The highest BCUT2D eigenvalue weighted by Gasteiger charge is 2.38. The minimum absolute atomic E-state index is 0.306. The second kappa shape index (κ2) is 4.52. The van der Waals surface area contributed by atoms with Gasteiger partial charge in [0, 0.05) is 24.2 Å². The zero-order valence-electron chi connectivity index (χ0n) is 10.8. The average molecular weight is 275 g/mol. The maximum Gasteiger partial charge on any atom is 0.331 e. The number of nitrogens with zero attached hydrogens (tertiary/aromatic N) is 2. The molecule has 3 rings (SSSR count). The number of hydrogen-bond acceptors (Lipinski definition) is 4. The number of aromatic nitrogens is 2. The van der Waals surface area contributed by atoms with Crippen molar-refractivity contribution in [2.75, 3.05) is 6.54 Å². The Kier molecular flexibility index (Phi) is 2.81. The predicted molar refractivity (Wildman–Crippen MR) is 67.2 cm³/mol. The van der Waals surface area contributed by atoms with Crippen LogP contribution in [0.25, 0.3) is 0 Å². The van der Waals surface area contributed by atoms with E-state index in [2.05, 4.69) is 10.2 Å². The second-order valence-electron chi connectivity index (χ2n) is 4.70. The zero-order valence-corrected chi connectivity index (χ0v) is 10.8. The number of H-pyrrole nitrogens is 1. The van der Waals surface area contributed by atoms with E-state index in [4.69, 9.17) is 4.42 Å². The van der Waals surface area contributed by atoms with Gasteiger partial charge in [-0.2, -0.15) is 5.10 Å². The number of amides is 1. The molecule has 20 heavy (non-hydrogen) atoms. The smallest absolute Gasteiger partial charge is 0.331 e. The number of fused-ring (bicyclic) bond motifs is 1. The van der Waals surface area contributed by atoms with Crippen LogP contribution in [0, 0.1) is 6.92 Å². The summed E-state index contributed by atoms with van der Waals surface area (Å²) in [4.78, 5) is 25.4. The van der Waals surface area contributed by atoms with Crippen LogP contribution in [0.4, 0.5) is 0 Å². The molecular formula is C13H13N3O4. The minimum atomic E-state index is -1.07. The lowest BCUT2D eigenvalue weighted by Gasteiger charge is -2.32. The van der Waals surface area contributed by atoms with Crippen LogP contribution in [0.15, 0.2) is 22.9 Å². The molecule has 0 radical (unpaired) electrons. The molecule has 3 heterocycles. The van der Waals surface area contributed by atoms with Crippen molar-refractivity contribution in [1.82, 2.24) is 15.1 Å². The molecule has 2 aromatic rings. The van der Waals surface area contributed by atoms with E-state index >= 15 is 0 Å². The normalized spacial score (nSPS) is 17.9. The molecule has 0 aliphatic carbocycles. The Morgan fingerprint density at radius 3 is 3.00 bits per heavy atom. The molecule has 104 valence electrons. The van der Waals surface area contributed by atoms with Crippen LogP contribution in [0.3, 0.4) is 0 Å². The van der Waals surface area contributed by atoms with Crippen LogP contribution < -0.4 is 0 Å². The van der Waals surface area contributed by atoms with E-state index in [-0.39, 0.29) is 5.91 Å². The Balaban J connectivity index is 2.00. The van der Waals surface area contributed by atoms with Crippen molar-refractivity contribution < 1.29 is 19.1 Å². The molecule has 0 fully saturated rings. The summed E-state index contributed by atoms with van der Waals surface area (Å²) >= 11 is 0. The molecule has 1 unspecified atom stereocenters. The van der Waals surface area contributed by atoms with Gasteiger partial charge in [-0.1, -0.05) is 0 Å². The highest BCUT2D eigenvalue weighted by Crippen LogP contribution is 2.32. The van der Waals surface area contributed by atoms with Crippen LogP contribution >= 0.6 is 0 Å². The first kappa shape index (κ1) is 12.5. The van der Waals surface area contributed by atoms with Gasteiger partial charge < -0.3 is 14.4 Å². The molecule has 0 bridgehead atoms. The number of aryl methyl sites for hydroxylation is 1. The lowest BCUT2D eigenvalue weighted by atomic mass is 9.98. The van der Waals surface area contributed by atoms with Crippen LogP contribution in [-0.2, 0) is 11.2 Å². The number of aliphatic carboxylic acids is 1. The van der Waals surface area contributed by atoms with Gasteiger partial charge in [0.1, 0.15) is 5.76 Å². The van der Waals surface area contributed by atoms with Crippen molar-refractivity contribution in [2.24, 2.45) is 0 Å². The Bertz CT molecular complexity index is 673. The first-order valence-electron chi connectivity index (χ1n) is 6.19. The number of carboxylic acids is 1. The molecule has 2 aromatic heterocycles. The summed E-state index contributed by atoms with van der Waals surface area (Å²) in [5.74, 6) is -0.775. The van der Waals surface area contributed by atoms with Crippen LogP contribution in [0.1, 0.15) is 33.4 Å². The number of rotatable bonds is 2. The maximum absolute atomic E-state index is 12.5. The van der Waals surface area contributed by atoms with E-state index in [0.29, 0.717) is 35.5 Å². The van der Waals surface area contributed by atoms with Gasteiger partial charge in [0.05, 0.1) is 18.0 Å². The second-order valence-corrected chi connectivity index (χ2v) is 4.70. The Morgan fingerprint density at radius 2 is 2.35 bits per heavy atom. The summed E-state index contributed by atoms with van der Waals surface area (Å²) in [6, 6.07) is 0.592. The van der Waals surface area contributed by atoms with Gasteiger partial charge >= 0.3 is 5.97 Å². The quantitative estimate of drug-likeness (QED) is 0.856. The lowest BCUT2D eigenvalue weighted by Crippen LogP contribution is -2.43. The van der Waals surface area contributed by atoms with Crippen molar-refractivity contribution in [3.63, 3.8) is 0 Å². The van der Waals surface area contributed by atoms with Gasteiger partial charge in [0.25, 0.3) is 5.91 Å². The van der Waals surface area contributed by atoms with E-state index in [1.807, 2.05) is 0 Å². The first-order chi connectivity index (χ1) is 9.59. The van der Waals surface area contributed by atoms with E-state index in [1.165, 1.54) is 17.4 Å². The van der Waals surface area contributed by atoms with E-state index in [9.17, 15) is 14.7 Å². The number of carbonyl (C=O) groups excluding carboxylic acids is 1. The summed E-state index contributed by atoms with van der Waals surface area (Å²) in [7, 11) is 0. The average Bonchev–Trinajstić information content (AvgIpc) is 3.04. The van der Waals surface area contributed by atoms with Crippen molar-refractivity contribution in [2.45, 2.75) is 19.4 Å². The van der Waals surface area contributed by atoms with Crippen LogP contribution in [0.2, 0.25) is 0 Å². The fraction of sp³-hybridized carbons (Fsp3) is 0.308. The van der Waals surface area contributed by atoms with Gasteiger partial charge in [-0.25, -0.2) is 4.79 Å². The molecule has 1 atom stereocenters. The summed E-state index contributed by atoms with van der Waals surface area (Å²) < 4.78 is 5.26. The molecular weight excluding hydrogens is 262 g/mol. The van der Waals surface area contributed by atoms with E-state index in [1.54, 1.807) is 13.0 Å². The Hall–Kier alpha value is -2.57. The first-order valence-corrected chi connectivity index (χ1v) is 6.19. The standard InChI is InChI=1S/C13H13N3O4/c1-7-9(6-14-15-7)12(17)16-4-2-10-8(3-5-20-10)11(16)13(18)19/h3,5-6,11H,2,4H2,1H3,(H,14,15)(H,18,19). The van der Waals surface area contributed by atoms with Crippen molar-refractivity contribution in [1.29, 1.82) is 0 Å².